The average molecular weight is 365 g/mol. The van der Waals surface area contributed by atoms with E-state index in [1.165, 1.54) is 34.3 Å². The van der Waals surface area contributed by atoms with E-state index in [4.69, 9.17) is 0 Å². The number of fused-ring (bicyclic) bond motifs is 2. The van der Waals surface area contributed by atoms with Gasteiger partial charge >= 0.3 is 0 Å². The molecule has 0 saturated carbocycles. The molecule has 3 aromatic carbocycles. The highest BCUT2D eigenvalue weighted by atomic mass is 28.3. The first-order valence-electron chi connectivity index (χ1n) is 9.98. The lowest BCUT2D eigenvalue weighted by Gasteiger charge is -2.23. The molecule has 0 N–H and O–H groups in total. The maximum atomic E-state index is 2.44. The van der Waals surface area contributed by atoms with Crippen LogP contribution in [0.1, 0.15) is 34.1 Å². The monoisotopic (exact) mass is 364 g/mol. The minimum absolute atomic E-state index is 0.582. The molecule has 2 aliphatic carbocycles. The highest BCUT2D eigenvalue weighted by Crippen LogP contribution is 2.38. The minimum atomic E-state index is -1.12. The second-order valence-electron chi connectivity index (χ2n) is 7.77. The number of benzene rings is 3. The normalized spacial score (nSPS) is 20.4. The van der Waals surface area contributed by atoms with E-state index in [0.29, 0.717) is 11.8 Å². The van der Waals surface area contributed by atoms with Gasteiger partial charge in [0.25, 0.3) is 0 Å². The number of hydrogen-bond acceptors (Lipinski definition) is 0. The van der Waals surface area contributed by atoms with Gasteiger partial charge in [-0.2, -0.15) is 0 Å². The van der Waals surface area contributed by atoms with Crippen LogP contribution < -0.4 is 5.19 Å². The van der Waals surface area contributed by atoms with Crippen LogP contribution in [-0.4, -0.2) is 8.80 Å². The summed E-state index contributed by atoms with van der Waals surface area (Å²) < 4.78 is 0. The molecular formula is C26H24Si. The average Bonchev–Trinajstić information content (AvgIpc) is 3.33. The van der Waals surface area contributed by atoms with E-state index in [2.05, 4.69) is 103 Å². The largest absolute Gasteiger partial charge is 0.0767 e. The van der Waals surface area contributed by atoms with Crippen molar-refractivity contribution in [3.05, 3.63) is 113 Å². The number of allylic oxidation sites excluding steroid dienone is 2. The summed E-state index contributed by atoms with van der Waals surface area (Å²) in [4.78, 5) is 0. The zero-order valence-corrected chi connectivity index (χ0v) is 16.6. The predicted molar refractivity (Wildman–Crippen MR) is 119 cm³/mol. The van der Waals surface area contributed by atoms with Crippen molar-refractivity contribution in [3.8, 4) is 0 Å². The fourth-order valence-electron chi connectivity index (χ4n) is 4.77. The Morgan fingerprint density at radius 1 is 0.556 bits per heavy atom. The third kappa shape index (κ3) is 3.24. The summed E-state index contributed by atoms with van der Waals surface area (Å²) >= 11 is 0. The van der Waals surface area contributed by atoms with Gasteiger partial charge in [0, 0.05) is 11.8 Å². The van der Waals surface area contributed by atoms with Crippen LogP contribution in [0.2, 0.25) is 12.1 Å². The summed E-state index contributed by atoms with van der Waals surface area (Å²) in [6, 6.07) is 31.7. The summed E-state index contributed by atoms with van der Waals surface area (Å²) in [7, 11) is -1.12. The molecule has 0 bridgehead atoms. The Morgan fingerprint density at radius 2 is 1.04 bits per heavy atom. The second-order valence-corrected chi connectivity index (χ2v) is 10.8. The Morgan fingerprint density at radius 3 is 1.59 bits per heavy atom. The summed E-state index contributed by atoms with van der Waals surface area (Å²) in [5.41, 5.74) is 5.87. The summed E-state index contributed by atoms with van der Waals surface area (Å²) in [6.45, 7) is 0. The highest BCUT2D eigenvalue weighted by Gasteiger charge is 2.27. The van der Waals surface area contributed by atoms with Crippen LogP contribution in [0, 0.1) is 0 Å². The molecule has 3 aromatic rings. The predicted octanol–water partition coefficient (Wildman–Crippen LogP) is 5.74. The molecule has 0 aliphatic heterocycles. The first kappa shape index (κ1) is 16.5. The van der Waals surface area contributed by atoms with E-state index >= 15 is 0 Å². The Balaban J connectivity index is 1.43. The lowest BCUT2D eigenvalue weighted by atomic mass is 10.0. The van der Waals surface area contributed by atoms with Gasteiger partial charge in [0.05, 0.1) is 8.80 Å². The second kappa shape index (κ2) is 7.17. The van der Waals surface area contributed by atoms with Gasteiger partial charge in [0.15, 0.2) is 0 Å². The lowest BCUT2D eigenvalue weighted by Crippen LogP contribution is -2.32. The Hall–Kier alpha value is -2.64. The van der Waals surface area contributed by atoms with Crippen molar-refractivity contribution >= 4 is 26.1 Å². The maximum Gasteiger partial charge on any atom is 0.0726 e. The van der Waals surface area contributed by atoms with Gasteiger partial charge in [-0.3, -0.25) is 0 Å². The minimum Gasteiger partial charge on any atom is -0.0767 e. The first-order valence-corrected chi connectivity index (χ1v) is 12.2. The number of rotatable bonds is 5. The van der Waals surface area contributed by atoms with Gasteiger partial charge in [-0.15, -0.1) is 0 Å². The Bertz CT molecular complexity index is 936. The molecule has 0 fully saturated rings. The fourth-order valence-corrected chi connectivity index (χ4v) is 8.32. The molecule has 1 heteroatoms. The molecule has 0 amide bonds. The van der Waals surface area contributed by atoms with Crippen molar-refractivity contribution in [3.63, 3.8) is 0 Å². The highest BCUT2D eigenvalue weighted by molar-refractivity contribution is 6.73. The maximum absolute atomic E-state index is 2.44. The zero-order valence-electron chi connectivity index (χ0n) is 15.5. The molecule has 0 spiro atoms. The molecule has 0 nitrogen and oxygen atoms in total. The van der Waals surface area contributed by atoms with E-state index < -0.39 is 8.80 Å². The molecule has 2 unspecified atom stereocenters. The SMILES string of the molecule is C1=CC(C[SiH](CC2C=Cc3ccccc32)c2ccccc2)c2ccccc21. The topological polar surface area (TPSA) is 0 Å². The molecule has 0 radical (unpaired) electrons. The molecule has 0 heterocycles. The van der Waals surface area contributed by atoms with Crippen molar-refractivity contribution in [2.24, 2.45) is 0 Å². The van der Waals surface area contributed by atoms with Crippen LogP contribution in [0.15, 0.2) is 91.0 Å². The Kier molecular flexibility index (Phi) is 4.39. The third-order valence-electron chi connectivity index (χ3n) is 6.16. The van der Waals surface area contributed by atoms with Crippen molar-refractivity contribution in [1.82, 2.24) is 0 Å². The fraction of sp³-hybridized carbons (Fsp3) is 0.154. The Labute approximate surface area is 163 Å². The van der Waals surface area contributed by atoms with Gasteiger partial charge in [-0.05, 0) is 34.3 Å². The van der Waals surface area contributed by atoms with Crippen LogP contribution in [0.4, 0.5) is 0 Å². The van der Waals surface area contributed by atoms with Crippen molar-refractivity contribution in [2.75, 3.05) is 0 Å². The van der Waals surface area contributed by atoms with Gasteiger partial charge < -0.3 is 0 Å². The van der Waals surface area contributed by atoms with Crippen LogP contribution in [0.5, 0.6) is 0 Å². The van der Waals surface area contributed by atoms with Crippen LogP contribution in [0.25, 0.3) is 12.2 Å². The molecule has 2 atom stereocenters. The van der Waals surface area contributed by atoms with Crippen molar-refractivity contribution in [1.29, 1.82) is 0 Å². The molecular weight excluding hydrogens is 340 g/mol. The molecule has 2 aliphatic rings. The van der Waals surface area contributed by atoms with Gasteiger partial charge in [-0.1, -0.05) is 108 Å². The third-order valence-corrected chi connectivity index (χ3v) is 9.64. The van der Waals surface area contributed by atoms with Crippen LogP contribution in [-0.2, 0) is 0 Å². The van der Waals surface area contributed by atoms with Crippen molar-refractivity contribution in [2.45, 2.75) is 23.9 Å². The van der Waals surface area contributed by atoms with Gasteiger partial charge in [0.1, 0.15) is 0 Å². The van der Waals surface area contributed by atoms with Crippen LogP contribution in [0.3, 0.4) is 0 Å². The van der Waals surface area contributed by atoms with Crippen molar-refractivity contribution < 1.29 is 0 Å². The zero-order chi connectivity index (χ0) is 18.1. The van der Waals surface area contributed by atoms with Gasteiger partial charge in [0.2, 0.25) is 0 Å². The first-order chi connectivity index (χ1) is 13.4. The van der Waals surface area contributed by atoms with E-state index in [0.717, 1.165) is 0 Å². The standard InChI is InChI=1S/C26H24Si/c1-2-10-24(11-3-1)27(18-22-16-14-20-8-4-6-12-25(20)22)19-23-17-15-21-9-5-7-13-26(21)23/h1-17,22-23,27H,18-19H2. The van der Waals surface area contributed by atoms with E-state index in [1.807, 2.05) is 0 Å². The molecule has 0 aromatic heterocycles. The van der Waals surface area contributed by atoms with Crippen LogP contribution >= 0.6 is 0 Å². The summed E-state index contributed by atoms with van der Waals surface area (Å²) in [5, 5.41) is 1.60. The van der Waals surface area contributed by atoms with Gasteiger partial charge in [-0.25, -0.2) is 0 Å². The quantitative estimate of drug-likeness (QED) is 0.506. The molecule has 0 saturated heterocycles. The van der Waals surface area contributed by atoms with E-state index in [1.54, 1.807) is 5.19 Å². The summed E-state index contributed by atoms with van der Waals surface area (Å²) in [5.74, 6) is 1.16. The molecule has 5 rings (SSSR count). The number of hydrogen-bond donors (Lipinski definition) is 0. The summed E-state index contributed by atoms with van der Waals surface area (Å²) in [6.07, 6.45) is 9.51. The van der Waals surface area contributed by atoms with E-state index in [-0.39, 0.29) is 0 Å². The molecule has 132 valence electrons. The lowest BCUT2D eigenvalue weighted by molar-refractivity contribution is 0.925. The smallest absolute Gasteiger partial charge is 0.0726 e. The molecule has 27 heavy (non-hydrogen) atoms. The van der Waals surface area contributed by atoms with E-state index in [9.17, 15) is 0 Å².